The van der Waals surface area contributed by atoms with Crippen LogP contribution in [0.15, 0.2) is 35.1 Å². The molecular formula is C16H19N3O3. The summed E-state index contributed by atoms with van der Waals surface area (Å²) in [5, 5.41) is 6.82. The van der Waals surface area contributed by atoms with Gasteiger partial charge in [0, 0.05) is 6.54 Å². The molecule has 0 spiro atoms. The van der Waals surface area contributed by atoms with Crippen LogP contribution >= 0.6 is 0 Å². The van der Waals surface area contributed by atoms with Crippen molar-refractivity contribution in [2.75, 3.05) is 13.7 Å². The fraction of sp³-hybridized carbons (Fsp3) is 0.312. The predicted molar refractivity (Wildman–Crippen MR) is 83.7 cm³/mol. The minimum Gasteiger partial charge on any atom is -0.481 e. The number of hydrogen-bond donors (Lipinski definition) is 1. The summed E-state index contributed by atoms with van der Waals surface area (Å²) in [6.45, 7) is 4.41. The van der Waals surface area contributed by atoms with Crippen molar-refractivity contribution in [2.24, 2.45) is 0 Å². The van der Waals surface area contributed by atoms with Crippen LogP contribution < -0.4 is 15.5 Å². The molecule has 1 N–H and O–H groups in total. The molecule has 2 rings (SSSR count). The topological polar surface area (TPSA) is 73.2 Å². The number of nitrogens with zero attached hydrogens (tertiary/aromatic N) is 2. The maximum absolute atomic E-state index is 12.0. The fourth-order valence-electron chi connectivity index (χ4n) is 1.94. The zero-order valence-corrected chi connectivity index (χ0v) is 12.9. The Morgan fingerprint density at radius 3 is 2.59 bits per heavy atom. The molecule has 0 fully saturated rings. The molecule has 116 valence electrons. The largest absolute Gasteiger partial charge is 0.481 e. The van der Waals surface area contributed by atoms with E-state index in [1.54, 1.807) is 0 Å². The summed E-state index contributed by atoms with van der Waals surface area (Å²) in [6.07, 6.45) is 0.786. The smallest absolute Gasteiger partial charge is 0.275 e. The Kier molecular flexibility index (Phi) is 4.93. The number of methoxy groups -OCH3 is 1. The second kappa shape index (κ2) is 6.89. The fourth-order valence-corrected chi connectivity index (χ4v) is 1.94. The van der Waals surface area contributed by atoms with Crippen molar-refractivity contribution in [1.29, 1.82) is 0 Å². The van der Waals surface area contributed by atoms with Gasteiger partial charge in [-0.2, -0.15) is 5.10 Å². The molecule has 1 aromatic heterocycles. The molecule has 2 aromatic rings. The van der Waals surface area contributed by atoms with Gasteiger partial charge in [-0.15, -0.1) is 0 Å². The number of ether oxygens (including phenoxy) is 1. The average molecular weight is 301 g/mol. The van der Waals surface area contributed by atoms with Gasteiger partial charge >= 0.3 is 0 Å². The molecule has 0 saturated carbocycles. The highest BCUT2D eigenvalue weighted by molar-refractivity contribution is 5.92. The summed E-state index contributed by atoms with van der Waals surface area (Å²) in [4.78, 5) is 24.1. The minimum atomic E-state index is -0.477. The zero-order chi connectivity index (χ0) is 16.1. The molecular weight excluding hydrogens is 282 g/mol. The Bertz CT molecular complexity index is 720. The lowest BCUT2D eigenvalue weighted by atomic mass is 10.2. The second-order valence-corrected chi connectivity index (χ2v) is 4.90. The van der Waals surface area contributed by atoms with Crippen molar-refractivity contribution in [3.63, 3.8) is 0 Å². The summed E-state index contributed by atoms with van der Waals surface area (Å²) < 4.78 is 6.64. The van der Waals surface area contributed by atoms with E-state index in [9.17, 15) is 9.59 Å². The highest BCUT2D eigenvalue weighted by atomic mass is 16.5. The highest BCUT2D eigenvalue weighted by Crippen LogP contribution is 2.15. The number of aromatic nitrogens is 2. The van der Waals surface area contributed by atoms with Gasteiger partial charge in [0.15, 0.2) is 5.69 Å². The summed E-state index contributed by atoms with van der Waals surface area (Å²) in [6, 6.07) is 8.82. The van der Waals surface area contributed by atoms with Gasteiger partial charge in [0.2, 0.25) is 11.3 Å². The van der Waals surface area contributed by atoms with Gasteiger partial charge in [0.1, 0.15) is 0 Å². The van der Waals surface area contributed by atoms with E-state index in [0.29, 0.717) is 12.2 Å². The number of amides is 1. The van der Waals surface area contributed by atoms with Crippen molar-refractivity contribution in [1.82, 2.24) is 15.1 Å². The number of rotatable bonds is 5. The molecule has 1 aromatic carbocycles. The molecule has 0 radical (unpaired) electrons. The van der Waals surface area contributed by atoms with Gasteiger partial charge in [-0.3, -0.25) is 9.59 Å². The van der Waals surface area contributed by atoms with Crippen LogP contribution in [0.3, 0.4) is 0 Å². The van der Waals surface area contributed by atoms with E-state index in [1.807, 2.05) is 38.1 Å². The normalized spacial score (nSPS) is 10.3. The van der Waals surface area contributed by atoms with Crippen molar-refractivity contribution < 1.29 is 9.53 Å². The van der Waals surface area contributed by atoms with E-state index in [2.05, 4.69) is 10.4 Å². The van der Waals surface area contributed by atoms with Gasteiger partial charge in [-0.1, -0.05) is 24.6 Å². The van der Waals surface area contributed by atoms with E-state index in [1.165, 1.54) is 17.9 Å². The summed E-state index contributed by atoms with van der Waals surface area (Å²) >= 11 is 0. The van der Waals surface area contributed by atoms with Crippen LogP contribution in [-0.4, -0.2) is 29.3 Å². The van der Waals surface area contributed by atoms with Crippen LogP contribution in [0.4, 0.5) is 0 Å². The molecule has 1 heterocycles. The lowest BCUT2D eigenvalue weighted by Gasteiger charge is -2.12. The maximum Gasteiger partial charge on any atom is 0.275 e. The number of carbonyl (C=O) groups is 1. The van der Waals surface area contributed by atoms with Crippen molar-refractivity contribution >= 4 is 5.91 Å². The van der Waals surface area contributed by atoms with Crippen LogP contribution in [0, 0.1) is 6.92 Å². The van der Waals surface area contributed by atoms with Crippen molar-refractivity contribution in [3.05, 3.63) is 51.8 Å². The van der Waals surface area contributed by atoms with Crippen LogP contribution in [0.1, 0.15) is 29.4 Å². The second-order valence-electron chi connectivity index (χ2n) is 4.90. The molecule has 22 heavy (non-hydrogen) atoms. The first-order chi connectivity index (χ1) is 10.6. The molecule has 0 bridgehead atoms. The summed E-state index contributed by atoms with van der Waals surface area (Å²) in [5.74, 6) is -0.198. The number of carbonyl (C=O) groups excluding carboxylic acids is 1. The third-order valence-corrected chi connectivity index (χ3v) is 3.14. The third kappa shape index (κ3) is 3.33. The lowest BCUT2D eigenvalue weighted by molar-refractivity contribution is 0.0945. The Hall–Kier alpha value is -2.63. The van der Waals surface area contributed by atoms with Gasteiger partial charge in [0.25, 0.3) is 5.91 Å². The first-order valence-electron chi connectivity index (χ1n) is 7.10. The Labute approximate surface area is 128 Å². The first-order valence-corrected chi connectivity index (χ1v) is 7.10. The summed E-state index contributed by atoms with van der Waals surface area (Å²) in [7, 11) is 1.46. The van der Waals surface area contributed by atoms with E-state index >= 15 is 0 Å². The highest BCUT2D eigenvalue weighted by Gasteiger charge is 2.16. The van der Waals surface area contributed by atoms with Crippen LogP contribution in [0.5, 0.6) is 5.88 Å². The minimum absolute atomic E-state index is 0.144. The number of hydrogen-bond acceptors (Lipinski definition) is 4. The van der Waals surface area contributed by atoms with Crippen molar-refractivity contribution in [2.45, 2.75) is 20.3 Å². The molecule has 6 nitrogen and oxygen atoms in total. The molecule has 6 heteroatoms. The average Bonchev–Trinajstić information content (AvgIpc) is 2.53. The quantitative estimate of drug-likeness (QED) is 0.912. The van der Waals surface area contributed by atoms with Crippen molar-refractivity contribution in [3.8, 4) is 11.6 Å². The molecule has 0 unspecified atom stereocenters. The number of nitrogens with one attached hydrogen (secondary N) is 1. The Morgan fingerprint density at radius 1 is 1.32 bits per heavy atom. The van der Waals surface area contributed by atoms with Gasteiger partial charge in [0.05, 0.1) is 18.9 Å². The maximum atomic E-state index is 12.0. The third-order valence-electron chi connectivity index (χ3n) is 3.14. The Morgan fingerprint density at radius 2 is 2.00 bits per heavy atom. The van der Waals surface area contributed by atoms with E-state index in [4.69, 9.17) is 4.74 Å². The van der Waals surface area contributed by atoms with Crippen LogP contribution in [0.25, 0.3) is 5.69 Å². The standard InChI is InChI=1S/C16H19N3O3/c1-4-9-17-16(21)15-13(20)10-14(22-3)19(18-15)12-7-5-11(2)6-8-12/h5-8,10H,4,9H2,1-3H3,(H,17,21). The zero-order valence-electron chi connectivity index (χ0n) is 12.9. The molecule has 0 aliphatic rings. The lowest BCUT2D eigenvalue weighted by Crippen LogP contribution is -2.32. The SMILES string of the molecule is CCCNC(=O)c1nn(-c2ccc(C)cc2)c(OC)cc1=O. The van der Waals surface area contributed by atoms with E-state index in [0.717, 1.165) is 12.0 Å². The molecule has 0 saturated heterocycles. The van der Waals surface area contributed by atoms with E-state index in [-0.39, 0.29) is 11.6 Å². The predicted octanol–water partition coefficient (Wildman–Crippen LogP) is 1.69. The van der Waals surface area contributed by atoms with Gasteiger partial charge in [-0.25, -0.2) is 4.68 Å². The Balaban J connectivity index is 2.50. The molecule has 0 aliphatic carbocycles. The van der Waals surface area contributed by atoms with Gasteiger partial charge in [-0.05, 0) is 25.5 Å². The monoisotopic (exact) mass is 301 g/mol. The van der Waals surface area contributed by atoms with E-state index < -0.39 is 11.3 Å². The van der Waals surface area contributed by atoms with Crippen LogP contribution in [-0.2, 0) is 0 Å². The number of benzene rings is 1. The summed E-state index contributed by atoms with van der Waals surface area (Å²) in [5.41, 5.74) is 1.21. The first kappa shape index (κ1) is 15.8. The van der Waals surface area contributed by atoms with Gasteiger partial charge < -0.3 is 10.1 Å². The molecule has 0 aliphatic heterocycles. The van der Waals surface area contributed by atoms with Crippen LogP contribution in [0.2, 0.25) is 0 Å². The number of aryl methyl sites for hydroxylation is 1. The molecule has 0 atom stereocenters. The molecule has 1 amide bonds.